The zero-order chi connectivity index (χ0) is 22.0. The molecule has 0 unspecified atom stereocenters. The van der Waals surface area contributed by atoms with Gasteiger partial charge in [-0.1, -0.05) is 51.1 Å². The van der Waals surface area contributed by atoms with Crippen LogP contribution in [0, 0.1) is 0 Å². The van der Waals surface area contributed by atoms with Gasteiger partial charge >= 0.3 is 0 Å². The zero-order valence-electron chi connectivity index (χ0n) is 19.3. The molecule has 0 aliphatic carbocycles. The van der Waals surface area contributed by atoms with Crippen LogP contribution in [0.3, 0.4) is 0 Å². The van der Waals surface area contributed by atoms with Crippen LogP contribution in [0.2, 0.25) is 0 Å². The van der Waals surface area contributed by atoms with E-state index in [2.05, 4.69) is 86.1 Å². The molecule has 2 aliphatic rings. The van der Waals surface area contributed by atoms with Gasteiger partial charge in [0.15, 0.2) is 0 Å². The maximum atomic E-state index is 13.3. The second-order valence-corrected chi connectivity index (χ2v) is 9.77. The molecule has 2 aromatic carbocycles. The summed E-state index contributed by atoms with van der Waals surface area (Å²) in [5, 5.41) is 0. The molecule has 0 saturated carbocycles. The van der Waals surface area contributed by atoms with Crippen LogP contribution in [0.15, 0.2) is 48.5 Å². The van der Waals surface area contributed by atoms with Crippen molar-refractivity contribution in [2.45, 2.75) is 38.7 Å². The lowest BCUT2D eigenvalue weighted by Gasteiger charge is -2.36. The van der Waals surface area contributed by atoms with Crippen molar-refractivity contribution >= 4 is 17.3 Å². The molecule has 2 aliphatic heterocycles. The van der Waals surface area contributed by atoms with Crippen LogP contribution in [-0.4, -0.2) is 63.3 Å². The second-order valence-electron chi connectivity index (χ2n) is 9.77. The van der Waals surface area contributed by atoms with E-state index in [1.54, 1.807) is 0 Å². The Morgan fingerprint density at radius 3 is 2.29 bits per heavy atom. The van der Waals surface area contributed by atoms with Gasteiger partial charge in [0.2, 0.25) is 0 Å². The largest absolute Gasteiger partial charge is 0.369 e. The number of likely N-dealkylation sites (N-methyl/N-ethyl adjacent to an activating group) is 1. The monoisotopic (exact) mass is 421 g/mol. The predicted octanol–water partition coefficient (Wildman–Crippen LogP) is 3.71. The van der Waals surface area contributed by atoms with Crippen LogP contribution < -0.4 is 9.80 Å². The van der Waals surface area contributed by atoms with E-state index in [4.69, 9.17) is 4.74 Å². The molecule has 0 aromatic heterocycles. The van der Waals surface area contributed by atoms with Gasteiger partial charge in [-0.25, -0.2) is 0 Å². The number of hydrogen-bond acceptors (Lipinski definition) is 4. The van der Waals surface area contributed by atoms with Crippen molar-refractivity contribution < 1.29 is 9.53 Å². The van der Waals surface area contributed by atoms with E-state index in [0.29, 0.717) is 19.6 Å². The summed E-state index contributed by atoms with van der Waals surface area (Å²) in [5.74, 6) is 0.0583. The van der Waals surface area contributed by atoms with Crippen molar-refractivity contribution in [1.82, 2.24) is 4.90 Å². The number of carbonyl (C=O) groups excluding carboxylic acids is 1. The number of benzene rings is 2. The van der Waals surface area contributed by atoms with Crippen LogP contribution in [0.1, 0.15) is 31.9 Å². The highest BCUT2D eigenvalue weighted by Crippen LogP contribution is 2.28. The normalized spacial score (nSPS) is 20.9. The minimum absolute atomic E-state index is 0.0583. The number of rotatable bonds is 4. The summed E-state index contributed by atoms with van der Waals surface area (Å²) in [5.41, 5.74) is 4.76. The highest BCUT2D eigenvalue weighted by atomic mass is 16.5. The molecule has 5 nitrogen and oxygen atoms in total. The van der Waals surface area contributed by atoms with E-state index < -0.39 is 6.10 Å². The van der Waals surface area contributed by atoms with Gasteiger partial charge < -0.3 is 19.4 Å². The third-order valence-corrected chi connectivity index (χ3v) is 6.46. The fourth-order valence-electron chi connectivity index (χ4n) is 4.42. The lowest BCUT2D eigenvalue weighted by atomic mass is 9.87. The Kier molecular flexibility index (Phi) is 6.35. The Bertz CT molecular complexity index is 896. The van der Waals surface area contributed by atoms with Crippen molar-refractivity contribution in [2.24, 2.45) is 0 Å². The molecule has 0 radical (unpaired) electrons. The lowest BCUT2D eigenvalue weighted by molar-refractivity contribution is -0.133. The van der Waals surface area contributed by atoms with Gasteiger partial charge in [-0.2, -0.15) is 0 Å². The van der Waals surface area contributed by atoms with E-state index in [0.717, 1.165) is 31.9 Å². The average molecular weight is 422 g/mol. The number of ether oxygens (including phenoxy) is 1. The first-order valence-corrected chi connectivity index (χ1v) is 11.4. The van der Waals surface area contributed by atoms with Gasteiger partial charge in [0.1, 0.15) is 6.10 Å². The summed E-state index contributed by atoms with van der Waals surface area (Å²) in [6.45, 7) is 11.9. The van der Waals surface area contributed by atoms with Crippen LogP contribution >= 0.6 is 0 Å². The van der Waals surface area contributed by atoms with Crippen LogP contribution in [0.5, 0.6) is 0 Å². The summed E-state index contributed by atoms with van der Waals surface area (Å²) in [4.78, 5) is 20.0. The standard InChI is InChI=1S/C26H35N3O2/c1-26(2,3)21-9-11-22(12-10-21)29-17-18-31-24(25(29)30)19-20-7-5-6-8-23(20)28-15-13-27(4)14-16-28/h5-12,24H,13-19H2,1-4H3/t24-/m0/s1. The first kappa shape index (κ1) is 21.8. The van der Waals surface area contributed by atoms with Gasteiger partial charge in [-0.15, -0.1) is 0 Å². The highest BCUT2D eigenvalue weighted by Gasteiger charge is 2.32. The van der Waals surface area contributed by atoms with E-state index in [1.807, 2.05) is 4.90 Å². The maximum absolute atomic E-state index is 13.3. The van der Waals surface area contributed by atoms with Crippen LogP contribution in [0.4, 0.5) is 11.4 Å². The van der Waals surface area contributed by atoms with Crippen molar-refractivity contribution in [2.75, 3.05) is 56.2 Å². The molecule has 166 valence electrons. The topological polar surface area (TPSA) is 36.0 Å². The number of anilines is 2. The second kappa shape index (κ2) is 9.01. The molecule has 4 rings (SSSR count). The van der Waals surface area contributed by atoms with E-state index in [9.17, 15) is 4.79 Å². The Morgan fingerprint density at radius 1 is 0.935 bits per heavy atom. The molecule has 5 heteroatoms. The molecular formula is C26H35N3O2. The zero-order valence-corrected chi connectivity index (χ0v) is 19.3. The van der Waals surface area contributed by atoms with Crippen LogP contribution in [0.25, 0.3) is 0 Å². The minimum Gasteiger partial charge on any atom is -0.369 e. The quantitative estimate of drug-likeness (QED) is 0.754. The van der Waals surface area contributed by atoms with Gasteiger partial charge in [0.25, 0.3) is 5.91 Å². The fourth-order valence-corrected chi connectivity index (χ4v) is 4.42. The first-order chi connectivity index (χ1) is 14.8. The number of morpholine rings is 1. The van der Waals surface area contributed by atoms with Gasteiger partial charge in [-0.3, -0.25) is 4.79 Å². The number of carbonyl (C=O) groups is 1. The van der Waals surface area contributed by atoms with Gasteiger partial charge in [0, 0.05) is 50.5 Å². The molecule has 2 aromatic rings. The molecule has 1 amide bonds. The summed E-state index contributed by atoms with van der Waals surface area (Å²) < 4.78 is 5.97. The van der Waals surface area contributed by atoms with Crippen molar-refractivity contribution in [3.63, 3.8) is 0 Å². The summed E-state index contributed by atoms with van der Waals surface area (Å²) in [6.07, 6.45) is 0.169. The Hall–Kier alpha value is -2.37. The molecule has 0 N–H and O–H groups in total. The molecule has 2 fully saturated rings. The molecule has 0 bridgehead atoms. The molecule has 1 atom stereocenters. The third kappa shape index (κ3) is 4.94. The maximum Gasteiger partial charge on any atom is 0.256 e. The van der Waals surface area contributed by atoms with Crippen LogP contribution in [-0.2, 0) is 21.4 Å². The number of amides is 1. The Balaban J connectivity index is 1.49. The van der Waals surface area contributed by atoms with E-state index in [1.165, 1.54) is 16.8 Å². The van der Waals surface area contributed by atoms with E-state index in [-0.39, 0.29) is 11.3 Å². The minimum atomic E-state index is -0.440. The van der Waals surface area contributed by atoms with E-state index >= 15 is 0 Å². The number of hydrogen-bond donors (Lipinski definition) is 0. The predicted molar refractivity (Wildman–Crippen MR) is 127 cm³/mol. The molecule has 31 heavy (non-hydrogen) atoms. The number of nitrogens with zero attached hydrogens (tertiary/aromatic N) is 3. The Morgan fingerprint density at radius 2 is 1.61 bits per heavy atom. The smallest absolute Gasteiger partial charge is 0.256 e. The third-order valence-electron chi connectivity index (χ3n) is 6.46. The SMILES string of the molecule is CN1CCN(c2ccccc2C[C@@H]2OCCN(c3ccc(C(C)(C)C)cc3)C2=O)CC1. The highest BCUT2D eigenvalue weighted by molar-refractivity contribution is 5.97. The molecular weight excluding hydrogens is 386 g/mol. The Labute approximate surface area is 186 Å². The van der Waals surface area contributed by atoms with Gasteiger partial charge in [-0.05, 0) is 41.8 Å². The molecule has 0 spiro atoms. The molecule has 2 heterocycles. The van der Waals surface area contributed by atoms with Gasteiger partial charge in [0.05, 0.1) is 6.61 Å². The van der Waals surface area contributed by atoms with Crippen molar-refractivity contribution in [1.29, 1.82) is 0 Å². The summed E-state index contributed by atoms with van der Waals surface area (Å²) in [6, 6.07) is 16.9. The lowest BCUT2D eigenvalue weighted by Crippen LogP contribution is -2.49. The van der Waals surface area contributed by atoms with Crippen molar-refractivity contribution in [3.05, 3.63) is 59.7 Å². The number of piperazine rings is 1. The number of para-hydroxylation sites is 1. The van der Waals surface area contributed by atoms with Crippen molar-refractivity contribution in [3.8, 4) is 0 Å². The average Bonchev–Trinajstić information content (AvgIpc) is 2.76. The summed E-state index contributed by atoms with van der Waals surface area (Å²) in [7, 11) is 2.17. The summed E-state index contributed by atoms with van der Waals surface area (Å²) >= 11 is 0. The fraction of sp³-hybridized carbons (Fsp3) is 0.500. The molecule has 2 saturated heterocycles. The first-order valence-electron chi connectivity index (χ1n) is 11.4.